The second kappa shape index (κ2) is 11.5. The molecule has 0 unspecified atom stereocenters. The molecular weight excluding hydrogens is 388 g/mol. The fourth-order valence-corrected chi connectivity index (χ4v) is 3.47. The fourth-order valence-electron chi connectivity index (χ4n) is 3.47. The van der Waals surface area contributed by atoms with Gasteiger partial charge in [0.2, 0.25) is 5.91 Å². The van der Waals surface area contributed by atoms with Gasteiger partial charge < -0.3 is 15.0 Å². The van der Waals surface area contributed by atoms with E-state index < -0.39 is 6.04 Å². The van der Waals surface area contributed by atoms with Gasteiger partial charge in [0.25, 0.3) is 5.91 Å². The van der Waals surface area contributed by atoms with Crippen molar-refractivity contribution in [1.29, 1.82) is 0 Å². The average Bonchev–Trinajstić information content (AvgIpc) is 2.74. The molecule has 0 radical (unpaired) electrons. The summed E-state index contributed by atoms with van der Waals surface area (Å²) in [5.41, 5.74) is 4.24. The maximum Gasteiger partial charge on any atom is 0.261 e. The van der Waals surface area contributed by atoms with Crippen LogP contribution in [0.2, 0.25) is 0 Å². The molecule has 2 aromatic carbocycles. The van der Waals surface area contributed by atoms with Gasteiger partial charge in [-0.15, -0.1) is 0 Å². The summed E-state index contributed by atoms with van der Waals surface area (Å²) in [7, 11) is 0. The maximum atomic E-state index is 13.3. The van der Waals surface area contributed by atoms with Crippen LogP contribution in [0.5, 0.6) is 5.75 Å². The van der Waals surface area contributed by atoms with Crippen LogP contribution in [0.25, 0.3) is 0 Å². The van der Waals surface area contributed by atoms with Crippen molar-refractivity contribution < 1.29 is 14.3 Å². The molecule has 2 atom stereocenters. The van der Waals surface area contributed by atoms with Crippen molar-refractivity contribution in [2.75, 3.05) is 6.61 Å². The molecule has 0 saturated carbocycles. The van der Waals surface area contributed by atoms with Crippen molar-refractivity contribution in [1.82, 2.24) is 10.2 Å². The van der Waals surface area contributed by atoms with Crippen molar-refractivity contribution in [2.24, 2.45) is 0 Å². The third kappa shape index (κ3) is 6.84. The minimum Gasteiger partial charge on any atom is -0.483 e. The first kappa shape index (κ1) is 24.4. The highest BCUT2D eigenvalue weighted by Crippen LogP contribution is 2.21. The molecule has 0 aromatic heterocycles. The number of benzene rings is 2. The van der Waals surface area contributed by atoms with Gasteiger partial charge >= 0.3 is 0 Å². The Morgan fingerprint density at radius 1 is 1.03 bits per heavy atom. The van der Waals surface area contributed by atoms with E-state index in [4.69, 9.17) is 4.74 Å². The highest BCUT2D eigenvalue weighted by molar-refractivity contribution is 5.88. The van der Waals surface area contributed by atoms with E-state index >= 15 is 0 Å². The Morgan fingerprint density at radius 3 is 2.39 bits per heavy atom. The van der Waals surface area contributed by atoms with E-state index in [0.717, 1.165) is 28.7 Å². The highest BCUT2D eigenvalue weighted by Gasteiger charge is 2.29. The lowest BCUT2D eigenvalue weighted by molar-refractivity contribution is -0.143. The minimum atomic E-state index is -0.552. The van der Waals surface area contributed by atoms with Crippen LogP contribution in [-0.4, -0.2) is 35.4 Å². The van der Waals surface area contributed by atoms with E-state index in [1.807, 2.05) is 84.0 Å². The van der Waals surface area contributed by atoms with Crippen molar-refractivity contribution in [3.63, 3.8) is 0 Å². The van der Waals surface area contributed by atoms with Gasteiger partial charge in [-0.2, -0.15) is 0 Å². The second-order valence-electron chi connectivity index (χ2n) is 8.24. The number of carbonyl (C=O) groups excluding carboxylic acids is 2. The summed E-state index contributed by atoms with van der Waals surface area (Å²) in [6.07, 6.45) is 1.37. The molecule has 0 fully saturated rings. The molecule has 0 aliphatic carbocycles. The molecular formula is C26H36N2O3. The normalized spacial score (nSPS) is 12.7. The summed E-state index contributed by atoms with van der Waals surface area (Å²) in [5, 5.41) is 3.03. The Morgan fingerprint density at radius 2 is 1.74 bits per heavy atom. The number of nitrogens with one attached hydrogen (secondary N) is 1. The van der Waals surface area contributed by atoms with E-state index in [9.17, 15) is 9.59 Å². The topological polar surface area (TPSA) is 58.6 Å². The Bertz CT molecular complexity index is 894. The molecule has 0 bridgehead atoms. The van der Waals surface area contributed by atoms with Gasteiger partial charge in [0.15, 0.2) is 6.61 Å². The molecule has 1 N–H and O–H groups in total. The molecule has 0 saturated heterocycles. The number of carbonyl (C=O) groups is 2. The first-order valence-electron chi connectivity index (χ1n) is 11.1. The number of hydrogen-bond acceptors (Lipinski definition) is 3. The van der Waals surface area contributed by atoms with Crippen molar-refractivity contribution in [3.8, 4) is 5.75 Å². The highest BCUT2D eigenvalue weighted by atomic mass is 16.5. The van der Waals surface area contributed by atoms with Crippen LogP contribution in [0.15, 0.2) is 42.5 Å². The number of hydrogen-bond donors (Lipinski definition) is 1. The van der Waals surface area contributed by atoms with Gasteiger partial charge in [0, 0.05) is 12.6 Å². The summed E-state index contributed by atoms with van der Waals surface area (Å²) in [6, 6.07) is 13.3. The van der Waals surface area contributed by atoms with E-state index in [0.29, 0.717) is 18.7 Å². The van der Waals surface area contributed by atoms with Gasteiger partial charge in [0.05, 0.1) is 0 Å². The standard InChI is InChI=1S/C26H36N2O3/c1-7-20(5)27-26(30)23(8-2)28(16-22-13-9-11-18(3)15-22)25(29)17-31-24-14-10-12-19(4)21(24)6/h9-15,20,23H,7-8,16-17H2,1-6H3,(H,27,30)/t20-,23+/m1/s1. The van der Waals surface area contributed by atoms with Crippen LogP contribution in [-0.2, 0) is 16.1 Å². The summed E-state index contributed by atoms with van der Waals surface area (Å²) >= 11 is 0. The summed E-state index contributed by atoms with van der Waals surface area (Å²) in [5.74, 6) is 0.374. The van der Waals surface area contributed by atoms with Crippen molar-refractivity contribution >= 4 is 11.8 Å². The lowest BCUT2D eigenvalue weighted by Crippen LogP contribution is -2.51. The molecule has 0 aliphatic rings. The smallest absolute Gasteiger partial charge is 0.261 e. The van der Waals surface area contributed by atoms with Crippen LogP contribution in [0.4, 0.5) is 0 Å². The Labute approximate surface area is 186 Å². The second-order valence-corrected chi connectivity index (χ2v) is 8.24. The molecule has 168 valence electrons. The number of ether oxygens (including phenoxy) is 1. The third-order valence-electron chi connectivity index (χ3n) is 5.73. The SMILES string of the molecule is CC[C@@H](C)NC(=O)[C@H](CC)N(Cc1cccc(C)c1)C(=O)COc1cccc(C)c1C. The Balaban J connectivity index is 2.25. The van der Waals surface area contributed by atoms with Gasteiger partial charge in [-0.1, -0.05) is 55.8 Å². The molecule has 5 heteroatoms. The first-order chi connectivity index (χ1) is 14.8. The van der Waals surface area contributed by atoms with Crippen LogP contribution in [0, 0.1) is 20.8 Å². The van der Waals surface area contributed by atoms with Crippen LogP contribution >= 0.6 is 0 Å². The fraction of sp³-hybridized carbons (Fsp3) is 0.462. The summed E-state index contributed by atoms with van der Waals surface area (Å²) in [4.78, 5) is 27.9. The zero-order valence-electron chi connectivity index (χ0n) is 19.7. The first-order valence-corrected chi connectivity index (χ1v) is 11.1. The molecule has 0 aliphatic heterocycles. The molecule has 0 heterocycles. The maximum absolute atomic E-state index is 13.3. The third-order valence-corrected chi connectivity index (χ3v) is 5.73. The van der Waals surface area contributed by atoms with Gasteiger partial charge in [0.1, 0.15) is 11.8 Å². The van der Waals surface area contributed by atoms with Crippen LogP contribution < -0.4 is 10.1 Å². The predicted molar refractivity (Wildman–Crippen MR) is 125 cm³/mol. The zero-order chi connectivity index (χ0) is 23.0. The van der Waals surface area contributed by atoms with Crippen LogP contribution in [0.1, 0.15) is 55.9 Å². The largest absolute Gasteiger partial charge is 0.483 e. The van der Waals surface area contributed by atoms with Gasteiger partial charge in [-0.3, -0.25) is 9.59 Å². The van der Waals surface area contributed by atoms with Gasteiger partial charge in [-0.25, -0.2) is 0 Å². The van der Waals surface area contributed by atoms with Crippen molar-refractivity contribution in [2.45, 2.75) is 73.0 Å². The number of nitrogens with zero attached hydrogens (tertiary/aromatic N) is 1. The average molecular weight is 425 g/mol. The van der Waals surface area contributed by atoms with Crippen LogP contribution in [0.3, 0.4) is 0 Å². The molecule has 0 spiro atoms. The quantitative estimate of drug-likeness (QED) is 0.601. The van der Waals surface area contributed by atoms with E-state index in [2.05, 4.69) is 5.32 Å². The zero-order valence-corrected chi connectivity index (χ0v) is 19.7. The van der Waals surface area contributed by atoms with E-state index in [1.54, 1.807) is 4.90 Å². The number of aryl methyl sites for hydroxylation is 2. The van der Waals surface area contributed by atoms with Gasteiger partial charge in [-0.05, 0) is 63.3 Å². The van der Waals surface area contributed by atoms with Crippen molar-refractivity contribution in [3.05, 3.63) is 64.7 Å². The Kier molecular flexibility index (Phi) is 9.10. The van der Waals surface area contributed by atoms with E-state index in [1.165, 1.54) is 0 Å². The molecule has 2 amide bonds. The minimum absolute atomic E-state index is 0.0589. The lowest BCUT2D eigenvalue weighted by Gasteiger charge is -2.31. The molecule has 2 rings (SSSR count). The molecule has 2 aromatic rings. The molecule has 31 heavy (non-hydrogen) atoms. The predicted octanol–water partition coefficient (Wildman–Crippen LogP) is 4.71. The number of amides is 2. The monoisotopic (exact) mass is 424 g/mol. The molecule has 5 nitrogen and oxygen atoms in total. The number of rotatable bonds is 10. The van der Waals surface area contributed by atoms with E-state index in [-0.39, 0.29) is 24.5 Å². The lowest BCUT2D eigenvalue weighted by atomic mass is 10.1. The Hall–Kier alpha value is -2.82. The summed E-state index contributed by atoms with van der Waals surface area (Å²) in [6.45, 7) is 12.2. The summed E-state index contributed by atoms with van der Waals surface area (Å²) < 4.78 is 5.88.